The summed E-state index contributed by atoms with van der Waals surface area (Å²) in [5.74, 6) is -0.366. The molecule has 1 aromatic carbocycles. The fourth-order valence-corrected chi connectivity index (χ4v) is 4.85. The van der Waals surface area contributed by atoms with Crippen LogP contribution >= 0.6 is 15.9 Å². The maximum atomic E-state index is 12.6. The van der Waals surface area contributed by atoms with Crippen molar-refractivity contribution in [1.82, 2.24) is 4.90 Å². The number of hydrogen-bond acceptors (Lipinski definition) is 3. The minimum absolute atomic E-state index is 0.0932. The molecule has 2 heterocycles. The van der Waals surface area contributed by atoms with Crippen LogP contribution in [0.4, 0.5) is 0 Å². The Labute approximate surface area is 132 Å². The normalized spacial score (nSPS) is 23.6. The van der Waals surface area contributed by atoms with Gasteiger partial charge in [-0.25, -0.2) is 8.42 Å². The first-order chi connectivity index (χ1) is 9.91. The molecule has 0 saturated carbocycles. The summed E-state index contributed by atoms with van der Waals surface area (Å²) in [5, 5.41) is 0. The zero-order chi connectivity index (χ0) is 15.2. The number of amides is 1. The van der Waals surface area contributed by atoms with Crippen molar-refractivity contribution in [2.75, 3.05) is 6.54 Å². The van der Waals surface area contributed by atoms with Gasteiger partial charge in [0.2, 0.25) is 9.84 Å². The predicted molar refractivity (Wildman–Crippen MR) is 84.3 cm³/mol. The van der Waals surface area contributed by atoms with E-state index in [4.69, 9.17) is 0 Å². The molecular formula is C15H16BrNO3S. The first kappa shape index (κ1) is 14.8. The summed E-state index contributed by atoms with van der Waals surface area (Å²) in [5.41, 5.74) is 0.581. The van der Waals surface area contributed by atoms with Gasteiger partial charge in [-0.1, -0.05) is 15.9 Å². The molecule has 1 saturated heterocycles. The van der Waals surface area contributed by atoms with Crippen molar-refractivity contribution in [2.24, 2.45) is 0 Å². The first-order valence-corrected chi connectivity index (χ1v) is 9.26. The molecule has 1 aromatic rings. The van der Waals surface area contributed by atoms with Crippen molar-refractivity contribution in [3.63, 3.8) is 0 Å². The number of halogens is 1. The summed E-state index contributed by atoms with van der Waals surface area (Å²) >= 11 is 3.33. The number of rotatable bonds is 1. The van der Waals surface area contributed by atoms with Crippen LogP contribution in [0.5, 0.6) is 0 Å². The number of carbonyl (C=O) groups excluding carboxylic acids is 1. The van der Waals surface area contributed by atoms with Gasteiger partial charge in [-0.2, -0.15) is 0 Å². The Balaban J connectivity index is 2.00. The van der Waals surface area contributed by atoms with Gasteiger partial charge in [-0.3, -0.25) is 4.79 Å². The molecule has 0 bridgehead atoms. The molecule has 0 spiro atoms. The van der Waals surface area contributed by atoms with Crippen molar-refractivity contribution in [1.29, 1.82) is 0 Å². The predicted octanol–water partition coefficient (Wildman–Crippen LogP) is 2.98. The number of nitrogens with zero attached hydrogens (tertiary/aromatic N) is 1. The van der Waals surface area contributed by atoms with Crippen LogP contribution in [-0.4, -0.2) is 31.8 Å². The average molecular weight is 370 g/mol. The minimum atomic E-state index is -3.69. The third-order valence-corrected chi connectivity index (χ3v) is 6.43. The maximum absolute atomic E-state index is 12.6. The summed E-state index contributed by atoms with van der Waals surface area (Å²) in [7, 11) is -3.69. The molecular weight excluding hydrogens is 354 g/mol. The lowest BCUT2D eigenvalue weighted by atomic mass is 10.0. The molecule has 0 radical (unpaired) electrons. The van der Waals surface area contributed by atoms with Crippen LogP contribution in [0.15, 0.2) is 32.5 Å². The number of piperidine rings is 1. The summed E-state index contributed by atoms with van der Waals surface area (Å²) in [4.78, 5) is 14.5. The topological polar surface area (TPSA) is 54.5 Å². The smallest absolute Gasteiger partial charge is 0.266 e. The van der Waals surface area contributed by atoms with Gasteiger partial charge in [0, 0.05) is 17.1 Å². The monoisotopic (exact) mass is 369 g/mol. The number of sulfone groups is 1. The van der Waals surface area contributed by atoms with Crippen LogP contribution in [0.1, 0.15) is 31.7 Å². The standard InChI is InChI=1S/C15H16BrNO3S/c1-10-4-2-3-7-17(10)15(18)14-9-11-8-12(16)5-6-13(11)21(14,19)20/h5-6,8-10H,2-4,7H2,1H3. The zero-order valence-electron chi connectivity index (χ0n) is 11.7. The van der Waals surface area contributed by atoms with Gasteiger partial charge in [-0.05, 0) is 56.0 Å². The maximum Gasteiger partial charge on any atom is 0.266 e. The van der Waals surface area contributed by atoms with Crippen LogP contribution in [0.2, 0.25) is 0 Å². The van der Waals surface area contributed by atoms with Crippen LogP contribution < -0.4 is 0 Å². The van der Waals surface area contributed by atoms with Crippen molar-refractivity contribution < 1.29 is 13.2 Å². The molecule has 0 aromatic heterocycles. The highest BCUT2D eigenvalue weighted by atomic mass is 79.9. The van der Waals surface area contributed by atoms with E-state index in [1.165, 1.54) is 6.08 Å². The molecule has 0 N–H and O–H groups in total. The lowest BCUT2D eigenvalue weighted by Gasteiger charge is -2.33. The average Bonchev–Trinajstić information content (AvgIpc) is 2.69. The number of fused-ring (bicyclic) bond motifs is 1. The van der Waals surface area contributed by atoms with Crippen molar-refractivity contribution in [2.45, 2.75) is 37.1 Å². The Morgan fingerprint density at radius 1 is 1.33 bits per heavy atom. The van der Waals surface area contributed by atoms with Gasteiger partial charge in [0.15, 0.2) is 0 Å². The molecule has 1 amide bonds. The molecule has 21 heavy (non-hydrogen) atoms. The fourth-order valence-electron chi connectivity index (χ4n) is 2.93. The van der Waals surface area contributed by atoms with E-state index >= 15 is 0 Å². The molecule has 3 rings (SSSR count). The van der Waals surface area contributed by atoms with E-state index in [0.717, 1.165) is 23.7 Å². The summed E-state index contributed by atoms with van der Waals surface area (Å²) < 4.78 is 25.9. The molecule has 2 aliphatic rings. The lowest BCUT2D eigenvalue weighted by molar-refractivity contribution is -0.129. The molecule has 0 aliphatic carbocycles. The van der Waals surface area contributed by atoms with Crippen molar-refractivity contribution >= 4 is 37.8 Å². The lowest BCUT2D eigenvalue weighted by Crippen LogP contribution is -2.43. The molecule has 1 fully saturated rings. The number of likely N-dealkylation sites (tertiary alicyclic amines) is 1. The largest absolute Gasteiger partial charge is 0.335 e. The highest BCUT2D eigenvalue weighted by Gasteiger charge is 2.38. The number of hydrogen-bond donors (Lipinski definition) is 0. The van der Waals surface area contributed by atoms with Crippen molar-refractivity contribution in [3.05, 3.63) is 33.1 Å². The number of carbonyl (C=O) groups is 1. The molecule has 6 heteroatoms. The zero-order valence-corrected chi connectivity index (χ0v) is 14.1. The van der Waals surface area contributed by atoms with E-state index in [1.54, 1.807) is 23.1 Å². The summed E-state index contributed by atoms with van der Waals surface area (Å²) in [6.07, 6.45) is 4.45. The number of benzene rings is 1. The second-order valence-corrected chi connectivity index (χ2v) is 8.34. The Kier molecular flexibility index (Phi) is 3.69. The van der Waals surface area contributed by atoms with Crippen molar-refractivity contribution in [3.8, 4) is 0 Å². The van der Waals surface area contributed by atoms with E-state index < -0.39 is 9.84 Å². The highest BCUT2D eigenvalue weighted by Crippen LogP contribution is 2.36. The third kappa shape index (κ3) is 2.44. The Morgan fingerprint density at radius 3 is 2.81 bits per heavy atom. The summed E-state index contributed by atoms with van der Waals surface area (Å²) in [6.45, 7) is 2.61. The van der Waals surface area contributed by atoms with E-state index in [2.05, 4.69) is 15.9 Å². The van der Waals surface area contributed by atoms with E-state index in [1.807, 2.05) is 6.92 Å². The Morgan fingerprint density at radius 2 is 2.10 bits per heavy atom. The Bertz CT molecular complexity index is 739. The quantitative estimate of drug-likeness (QED) is 0.764. The van der Waals surface area contributed by atoms with Gasteiger partial charge in [-0.15, -0.1) is 0 Å². The molecule has 1 atom stereocenters. The Hall–Kier alpha value is -1.14. The van der Waals surface area contributed by atoms with Gasteiger partial charge < -0.3 is 4.90 Å². The minimum Gasteiger partial charge on any atom is -0.335 e. The van der Waals surface area contributed by atoms with Crippen LogP contribution in [0.25, 0.3) is 6.08 Å². The SMILES string of the molecule is CC1CCCCN1C(=O)C1=Cc2cc(Br)ccc2S1(=O)=O. The van der Waals surface area contributed by atoms with Crippen LogP contribution in [0, 0.1) is 0 Å². The molecule has 1 unspecified atom stereocenters. The summed E-state index contributed by atoms with van der Waals surface area (Å²) in [6, 6.07) is 5.05. The second kappa shape index (κ2) is 5.25. The highest BCUT2D eigenvalue weighted by molar-refractivity contribution is 9.10. The van der Waals surface area contributed by atoms with Gasteiger partial charge in [0.1, 0.15) is 4.91 Å². The second-order valence-electron chi connectivity index (χ2n) is 5.54. The van der Waals surface area contributed by atoms with Crippen LogP contribution in [-0.2, 0) is 14.6 Å². The van der Waals surface area contributed by atoms with Gasteiger partial charge in [0.05, 0.1) is 4.90 Å². The first-order valence-electron chi connectivity index (χ1n) is 6.98. The van der Waals surface area contributed by atoms with Gasteiger partial charge >= 0.3 is 0 Å². The molecule has 4 nitrogen and oxygen atoms in total. The molecule has 112 valence electrons. The molecule has 2 aliphatic heterocycles. The van der Waals surface area contributed by atoms with E-state index in [0.29, 0.717) is 12.1 Å². The third-order valence-electron chi connectivity index (χ3n) is 4.11. The van der Waals surface area contributed by atoms with E-state index in [-0.39, 0.29) is 21.7 Å². The fraction of sp³-hybridized carbons (Fsp3) is 0.400. The van der Waals surface area contributed by atoms with Gasteiger partial charge in [0.25, 0.3) is 5.91 Å². The van der Waals surface area contributed by atoms with E-state index in [9.17, 15) is 13.2 Å². The van der Waals surface area contributed by atoms with Crippen LogP contribution in [0.3, 0.4) is 0 Å².